The average molecular weight is 425 g/mol. The van der Waals surface area contributed by atoms with Gasteiger partial charge in [-0.05, 0) is 38.0 Å². The monoisotopic (exact) mass is 425 g/mol. The predicted octanol–water partition coefficient (Wildman–Crippen LogP) is 3.07. The van der Waals surface area contributed by atoms with Gasteiger partial charge in [-0.3, -0.25) is 19.7 Å². The minimum atomic E-state index is -0.762. The summed E-state index contributed by atoms with van der Waals surface area (Å²) >= 11 is 0. The molecule has 2 aromatic carbocycles. The molecule has 0 aliphatic carbocycles. The van der Waals surface area contributed by atoms with Crippen molar-refractivity contribution in [2.75, 3.05) is 11.9 Å². The number of anilines is 1. The van der Waals surface area contributed by atoms with Crippen molar-refractivity contribution in [3.63, 3.8) is 0 Å². The van der Waals surface area contributed by atoms with Gasteiger partial charge < -0.3 is 15.4 Å². The van der Waals surface area contributed by atoms with Gasteiger partial charge in [-0.15, -0.1) is 0 Å². The molecule has 0 saturated carbocycles. The smallest absolute Gasteiger partial charge is 0.325 e. The van der Waals surface area contributed by atoms with Crippen LogP contribution in [0.15, 0.2) is 42.5 Å². The van der Waals surface area contributed by atoms with Crippen molar-refractivity contribution in [3.8, 4) is 0 Å². The molecule has 31 heavy (non-hydrogen) atoms. The van der Waals surface area contributed by atoms with E-state index in [1.807, 2.05) is 57.2 Å². The van der Waals surface area contributed by atoms with Crippen LogP contribution in [0.4, 0.5) is 10.5 Å². The Balaban J connectivity index is 1.85. The first-order chi connectivity index (χ1) is 14.6. The second kappa shape index (κ2) is 10.9. The SMILES string of the molecule is CC(=O)NC(CC(=O)OCC(=O)NC(=O)Nc1ccc(C)cc1C)c1ccc(C)cc1. The fourth-order valence-corrected chi connectivity index (χ4v) is 2.94. The van der Waals surface area contributed by atoms with Gasteiger partial charge in [-0.2, -0.15) is 0 Å². The van der Waals surface area contributed by atoms with Crippen LogP contribution >= 0.6 is 0 Å². The molecule has 164 valence electrons. The Morgan fingerprint density at radius 3 is 2.19 bits per heavy atom. The third-order valence-electron chi connectivity index (χ3n) is 4.48. The van der Waals surface area contributed by atoms with Gasteiger partial charge in [0.25, 0.3) is 5.91 Å². The second-order valence-corrected chi connectivity index (χ2v) is 7.35. The van der Waals surface area contributed by atoms with E-state index in [9.17, 15) is 19.2 Å². The minimum absolute atomic E-state index is 0.148. The normalized spacial score (nSPS) is 11.2. The summed E-state index contributed by atoms with van der Waals surface area (Å²) in [4.78, 5) is 47.6. The van der Waals surface area contributed by atoms with Crippen molar-refractivity contribution in [3.05, 3.63) is 64.7 Å². The molecule has 3 N–H and O–H groups in total. The third-order valence-corrected chi connectivity index (χ3v) is 4.48. The van der Waals surface area contributed by atoms with Gasteiger partial charge in [0.05, 0.1) is 12.5 Å². The number of amides is 4. The first-order valence-electron chi connectivity index (χ1n) is 9.81. The maximum atomic E-state index is 12.2. The second-order valence-electron chi connectivity index (χ2n) is 7.35. The molecule has 1 atom stereocenters. The van der Waals surface area contributed by atoms with E-state index < -0.39 is 30.6 Å². The number of aryl methyl sites for hydroxylation is 3. The Bertz CT molecular complexity index is 970. The van der Waals surface area contributed by atoms with Crippen LogP contribution in [0, 0.1) is 20.8 Å². The van der Waals surface area contributed by atoms with E-state index >= 15 is 0 Å². The van der Waals surface area contributed by atoms with Crippen LogP contribution in [0.2, 0.25) is 0 Å². The zero-order valence-electron chi connectivity index (χ0n) is 18.1. The Morgan fingerprint density at radius 2 is 1.58 bits per heavy atom. The van der Waals surface area contributed by atoms with Crippen molar-refractivity contribution in [2.24, 2.45) is 0 Å². The molecule has 0 spiro atoms. The van der Waals surface area contributed by atoms with Crippen LogP contribution in [0.3, 0.4) is 0 Å². The minimum Gasteiger partial charge on any atom is -0.455 e. The van der Waals surface area contributed by atoms with Gasteiger partial charge in [0.1, 0.15) is 0 Å². The highest BCUT2D eigenvalue weighted by Crippen LogP contribution is 2.18. The predicted molar refractivity (Wildman–Crippen MR) is 116 cm³/mol. The van der Waals surface area contributed by atoms with Crippen molar-refractivity contribution in [2.45, 2.75) is 40.2 Å². The molecule has 0 aliphatic heterocycles. The zero-order chi connectivity index (χ0) is 23.0. The first kappa shape index (κ1) is 23.6. The molecule has 0 saturated heterocycles. The molecule has 4 amide bonds. The summed E-state index contributed by atoms with van der Waals surface area (Å²) in [5.41, 5.74) is 4.27. The van der Waals surface area contributed by atoms with Crippen molar-refractivity contribution < 1.29 is 23.9 Å². The Morgan fingerprint density at radius 1 is 0.935 bits per heavy atom. The molecule has 0 heterocycles. The van der Waals surface area contributed by atoms with Crippen molar-refractivity contribution in [1.29, 1.82) is 0 Å². The van der Waals surface area contributed by atoms with E-state index in [4.69, 9.17) is 4.74 Å². The lowest BCUT2D eigenvalue weighted by molar-refractivity contribution is -0.148. The highest BCUT2D eigenvalue weighted by molar-refractivity contribution is 6.02. The maximum Gasteiger partial charge on any atom is 0.325 e. The van der Waals surface area contributed by atoms with E-state index in [1.54, 1.807) is 6.07 Å². The summed E-state index contributed by atoms with van der Waals surface area (Å²) in [6.45, 7) is 6.45. The number of urea groups is 1. The molecule has 1 unspecified atom stereocenters. The summed E-state index contributed by atoms with van der Waals surface area (Å²) in [5, 5.41) is 7.39. The van der Waals surface area contributed by atoms with Gasteiger partial charge >= 0.3 is 12.0 Å². The number of nitrogens with one attached hydrogen (secondary N) is 3. The van der Waals surface area contributed by atoms with Gasteiger partial charge in [-0.25, -0.2) is 4.79 Å². The Kier molecular flexibility index (Phi) is 8.31. The third kappa shape index (κ3) is 7.93. The lowest BCUT2D eigenvalue weighted by Crippen LogP contribution is -2.37. The number of esters is 1. The lowest BCUT2D eigenvalue weighted by Gasteiger charge is -2.18. The number of imide groups is 1. The van der Waals surface area contributed by atoms with Gasteiger partial charge in [0.2, 0.25) is 5.91 Å². The summed E-state index contributed by atoms with van der Waals surface area (Å²) in [7, 11) is 0. The molecule has 8 heteroatoms. The number of benzene rings is 2. The standard InChI is InChI=1S/C23H27N3O5/c1-14-5-8-18(9-6-14)20(24-17(4)27)12-22(29)31-13-21(28)26-23(30)25-19-10-7-15(2)11-16(19)3/h5-11,20H,12-13H2,1-4H3,(H,24,27)(H2,25,26,28,30). The number of carbonyl (C=O) groups is 4. The van der Waals surface area contributed by atoms with Gasteiger partial charge in [-0.1, -0.05) is 47.5 Å². The molecule has 2 aromatic rings. The van der Waals surface area contributed by atoms with Crippen LogP contribution in [-0.4, -0.2) is 30.4 Å². The highest BCUT2D eigenvalue weighted by Gasteiger charge is 2.19. The first-order valence-corrected chi connectivity index (χ1v) is 9.81. The van der Waals surface area contributed by atoms with Crippen molar-refractivity contribution >= 4 is 29.5 Å². The molecule has 0 radical (unpaired) electrons. The summed E-state index contributed by atoms with van der Waals surface area (Å²) < 4.78 is 4.97. The van der Waals surface area contributed by atoms with E-state index in [0.717, 1.165) is 22.3 Å². The fraction of sp³-hybridized carbons (Fsp3) is 0.304. The quantitative estimate of drug-likeness (QED) is 0.590. The Hall–Kier alpha value is -3.68. The van der Waals surface area contributed by atoms with Gasteiger partial charge in [0.15, 0.2) is 6.61 Å². The number of ether oxygens (including phenoxy) is 1. The Labute approximate surface area is 181 Å². The molecular weight excluding hydrogens is 398 g/mol. The maximum absolute atomic E-state index is 12.2. The lowest BCUT2D eigenvalue weighted by atomic mass is 10.0. The molecule has 0 aromatic heterocycles. The number of hydrogen-bond acceptors (Lipinski definition) is 5. The van der Waals surface area contributed by atoms with E-state index in [0.29, 0.717) is 5.69 Å². The van der Waals surface area contributed by atoms with Crippen LogP contribution in [0.25, 0.3) is 0 Å². The van der Waals surface area contributed by atoms with Crippen LogP contribution < -0.4 is 16.0 Å². The largest absolute Gasteiger partial charge is 0.455 e. The highest BCUT2D eigenvalue weighted by atomic mass is 16.5. The van der Waals surface area contributed by atoms with Crippen LogP contribution in [0.1, 0.15) is 41.6 Å². The summed E-state index contributed by atoms with van der Waals surface area (Å²) in [6, 6.07) is 11.5. The molecule has 0 bridgehead atoms. The van der Waals surface area contributed by atoms with Crippen LogP contribution in [-0.2, 0) is 19.1 Å². The number of rotatable bonds is 7. The van der Waals surface area contributed by atoms with Gasteiger partial charge in [0, 0.05) is 12.6 Å². The molecule has 2 rings (SSSR count). The van der Waals surface area contributed by atoms with E-state index in [1.165, 1.54) is 6.92 Å². The zero-order valence-corrected chi connectivity index (χ0v) is 18.1. The van der Waals surface area contributed by atoms with E-state index in [2.05, 4.69) is 16.0 Å². The molecule has 0 aliphatic rings. The fourth-order valence-electron chi connectivity index (χ4n) is 2.94. The van der Waals surface area contributed by atoms with Crippen LogP contribution in [0.5, 0.6) is 0 Å². The molecule has 0 fully saturated rings. The summed E-state index contributed by atoms with van der Waals surface area (Å²) in [6.07, 6.45) is -0.148. The van der Waals surface area contributed by atoms with E-state index in [-0.39, 0.29) is 12.3 Å². The number of carbonyl (C=O) groups excluding carboxylic acids is 4. The topological polar surface area (TPSA) is 114 Å². The number of hydrogen-bond donors (Lipinski definition) is 3. The molecule has 8 nitrogen and oxygen atoms in total. The molecular formula is C23H27N3O5. The van der Waals surface area contributed by atoms with Crippen molar-refractivity contribution in [1.82, 2.24) is 10.6 Å². The average Bonchev–Trinajstić information content (AvgIpc) is 2.68. The summed E-state index contributed by atoms with van der Waals surface area (Å²) in [5.74, 6) is -1.73.